The standard InChI is InChI=1S/C2H5Cl2PS/c1-2-5(3,4)6/h2H2,1H3. The third-order valence-electron chi connectivity index (χ3n) is 0.368. The minimum absolute atomic E-state index is 0.728. The number of rotatable bonds is 1. The Hall–Kier alpha value is 1.23. The van der Waals surface area contributed by atoms with Crippen molar-refractivity contribution in [2.24, 2.45) is 0 Å². The zero-order valence-corrected chi connectivity index (χ0v) is 6.54. The summed E-state index contributed by atoms with van der Waals surface area (Å²) in [6.07, 6.45) is 0.728. The molecule has 0 aliphatic carbocycles. The molecule has 0 bridgehead atoms. The van der Waals surface area contributed by atoms with Gasteiger partial charge in [0.15, 0.2) is 0 Å². The van der Waals surface area contributed by atoms with Crippen LogP contribution in [0.2, 0.25) is 0 Å². The zero-order valence-electron chi connectivity index (χ0n) is 3.32. The van der Waals surface area contributed by atoms with E-state index in [1.807, 2.05) is 6.92 Å². The summed E-state index contributed by atoms with van der Waals surface area (Å²) in [7, 11) is 0. The average Bonchev–Trinajstić information content (AvgIpc) is 1.35. The fourth-order valence-electron chi connectivity index (χ4n) is 0. The van der Waals surface area contributed by atoms with Gasteiger partial charge >= 0.3 is 0 Å². The molecule has 6 heavy (non-hydrogen) atoms. The Labute approximate surface area is 52.4 Å². The van der Waals surface area contributed by atoms with Gasteiger partial charge in [-0.05, 0) is 6.16 Å². The molecule has 0 amide bonds. The van der Waals surface area contributed by atoms with E-state index in [1.54, 1.807) is 0 Å². The molecule has 4 heteroatoms. The second-order valence-electron chi connectivity index (χ2n) is 0.886. The predicted octanol–water partition coefficient (Wildman–Crippen LogP) is 2.79. The number of hydrogen-bond donors (Lipinski definition) is 0. The summed E-state index contributed by atoms with van der Waals surface area (Å²) in [6.45, 7) is 1.89. The van der Waals surface area contributed by atoms with E-state index < -0.39 is 4.74 Å². The summed E-state index contributed by atoms with van der Waals surface area (Å²) in [6, 6.07) is 0. The maximum Gasteiger partial charge on any atom is 0.119 e. The van der Waals surface area contributed by atoms with Crippen LogP contribution in [0.5, 0.6) is 0 Å². The second-order valence-corrected chi connectivity index (χ2v) is 9.71. The molecule has 0 aliphatic rings. The molecule has 0 aromatic carbocycles. The minimum atomic E-state index is -1.87. The first-order valence-corrected chi connectivity index (χ1v) is 6.34. The van der Waals surface area contributed by atoms with Crippen molar-refractivity contribution in [2.45, 2.75) is 6.92 Å². The summed E-state index contributed by atoms with van der Waals surface area (Å²) in [5, 5.41) is 0. The van der Waals surface area contributed by atoms with Gasteiger partial charge in [0.05, 0.1) is 0 Å². The lowest BCUT2D eigenvalue weighted by Crippen LogP contribution is -1.58. The molecule has 0 heterocycles. The molecule has 38 valence electrons. The lowest BCUT2D eigenvalue weighted by Gasteiger charge is -1.93. The van der Waals surface area contributed by atoms with Crippen molar-refractivity contribution in [1.29, 1.82) is 0 Å². The number of halogens is 2. The Balaban J connectivity index is 3.48. The molecule has 0 unspecified atom stereocenters. The first kappa shape index (κ1) is 7.23. The van der Waals surface area contributed by atoms with Crippen molar-refractivity contribution in [3.05, 3.63) is 0 Å². The molecule has 0 aromatic heterocycles. The quantitative estimate of drug-likeness (QED) is 0.535. The fraction of sp³-hybridized carbons (Fsp3) is 1.00. The van der Waals surface area contributed by atoms with Gasteiger partial charge in [-0.3, -0.25) is 0 Å². The molecule has 0 rings (SSSR count). The van der Waals surface area contributed by atoms with Gasteiger partial charge < -0.3 is 0 Å². The topological polar surface area (TPSA) is 0 Å². The van der Waals surface area contributed by atoms with E-state index in [1.165, 1.54) is 0 Å². The highest BCUT2D eigenvalue weighted by molar-refractivity contribution is 8.39. The van der Waals surface area contributed by atoms with E-state index >= 15 is 0 Å². The minimum Gasteiger partial charge on any atom is -0.0684 e. The van der Waals surface area contributed by atoms with E-state index in [4.69, 9.17) is 22.5 Å². The van der Waals surface area contributed by atoms with Crippen molar-refractivity contribution in [1.82, 2.24) is 0 Å². The van der Waals surface area contributed by atoms with Crippen LogP contribution in [-0.2, 0) is 11.8 Å². The third-order valence-corrected chi connectivity index (χ3v) is 3.31. The van der Waals surface area contributed by atoms with Gasteiger partial charge in [-0.15, -0.1) is 0 Å². The van der Waals surface area contributed by atoms with E-state index in [0.29, 0.717) is 0 Å². The van der Waals surface area contributed by atoms with Gasteiger partial charge in [0.1, 0.15) is 4.74 Å². The van der Waals surface area contributed by atoms with Crippen LogP contribution in [0.15, 0.2) is 0 Å². The maximum absolute atomic E-state index is 5.41. The Kier molecular flexibility index (Phi) is 3.03. The van der Waals surface area contributed by atoms with E-state index in [9.17, 15) is 0 Å². The van der Waals surface area contributed by atoms with Crippen LogP contribution in [0.25, 0.3) is 0 Å². The Morgan fingerprint density at radius 1 is 1.67 bits per heavy atom. The summed E-state index contributed by atoms with van der Waals surface area (Å²) in [4.78, 5) is 0. The molecule has 0 saturated carbocycles. The van der Waals surface area contributed by atoms with Crippen LogP contribution >= 0.6 is 27.2 Å². The molecule has 0 radical (unpaired) electrons. The van der Waals surface area contributed by atoms with Crippen molar-refractivity contribution in [3.63, 3.8) is 0 Å². The largest absolute Gasteiger partial charge is 0.119 e. The van der Waals surface area contributed by atoms with E-state index in [-0.39, 0.29) is 0 Å². The zero-order chi connectivity index (χ0) is 5.21. The molecule has 0 aromatic rings. The van der Waals surface area contributed by atoms with Gasteiger partial charge in [-0.25, -0.2) is 0 Å². The first-order chi connectivity index (χ1) is 2.56. The average molecular weight is 163 g/mol. The molecule has 0 nitrogen and oxygen atoms in total. The molecular formula is C2H5Cl2PS. The summed E-state index contributed by atoms with van der Waals surface area (Å²) in [5.74, 6) is 0. The van der Waals surface area contributed by atoms with Crippen LogP contribution in [0.4, 0.5) is 0 Å². The molecule has 0 N–H and O–H groups in total. The van der Waals surface area contributed by atoms with E-state index in [2.05, 4.69) is 11.8 Å². The lowest BCUT2D eigenvalue weighted by atomic mass is 11.0. The summed E-state index contributed by atoms with van der Waals surface area (Å²) in [5.41, 5.74) is 0. The van der Waals surface area contributed by atoms with Gasteiger partial charge in [0, 0.05) is 0 Å². The van der Waals surface area contributed by atoms with Crippen LogP contribution in [0.3, 0.4) is 0 Å². The second kappa shape index (κ2) is 2.52. The Morgan fingerprint density at radius 2 is 1.83 bits per heavy atom. The normalized spacial score (nSPS) is 11.8. The monoisotopic (exact) mass is 162 g/mol. The molecule has 0 atom stereocenters. The van der Waals surface area contributed by atoms with Crippen molar-refractivity contribution >= 4 is 39.0 Å². The van der Waals surface area contributed by atoms with Gasteiger partial charge in [0.25, 0.3) is 0 Å². The third kappa shape index (κ3) is 5.23. The highest BCUT2D eigenvalue weighted by Crippen LogP contribution is 2.56. The van der Waals surface area contributed by atoms with Gasteiger partial charge in [0.2, 0.25) is 0 Å². The molecule has 0 spiro atoms. The van der Waals surface area contributed by atoms with Crippen LogP contribution in [0, 0.1) is 0 Å². The van der Waals surface area contributed by atoms with Crippen LogP contribution in [-0.4, -0.2) is 6.16 Å². The van der Waals surface area contributed by atoms with Gasteiger partial charge in [-0.1, -0.05) is 41.2 Å². The predicted molar refractivity (Wildman–Crippen MR) is 36.5 cm³/mol. The first-order valence-electron chi connectivity index (χ1n) is 1.54. The van der Waals surface area contributed by atoms with E-state index in [0.717, 1.165) is 6.16 Å². The highest BCUT2D eigenvalue weighted by Gasteiger charge is 2.00. The molecule has 0 fully saturated rings. The van der Waals surface area contributed by atoms with Gasteiger partial charge in [-0.2, -0.15) is 0 Å². The Bertz CT molecular complexity index is 75.6. The molecule has 0 aliphatic heterocycles. The maximum atomic E-state index is 5.41. The Morgan fingerprint density at radius 3 is 1.83 bits per heavy atom. The SMILES string of the molecule is CCP(=S)(Cl)Cl. The molecular weight excluding hydrogens is 158 g/mol. The van der Waals surface area contributed by atoms with Crippen molar-refractivity contribution < 1.29 is 0 Å². The smallest absolute Gasteiger partial charge is 0.0684 e. The molecule has 0 saturated heterocycles. The lowest BCUT2D eigenvalue weighted by molar-refractivity contribution is 1.52. The highest BCUT2D eigenvalue weighted by atomic mass is 35.9. The van der Waals surface area contributed by atoms with Crippen molar-refractivity contribution in [2.75, 3.05) is 6.16 Å². The van der Waals surface area contributed by atoms with Crippen molar-refractivity contribution in [3.8, 4) is 0 Å². The number of hydrogen-bond acceptors (Lipinski definition) is 1. The fourth-order valence-corrected chi connectivity index (χ4v) is 0. The van der Waals surface area contributed by atoms with Crippen LogP contribution in [0.1, 0.15) is 6.92 Å². The van der Waals surface area contributed by atoms with Crippen LogP contribution < -0.4 is 0 Å². The summed E-state index contributed by atoms with van der Waals surface area (Å²) < 4.78 is -1.87. The summed E-state index contributed by atoms with van der Waals surface area (Å²) >= 11 is 15.4.